The Morgan fingerprint density at radius 2 is 1.70 bits per heavy atom. The summed E-state index contributed by atoms with van der Waals surface area (Å²) in [5.41, 5.74) is 2.65. The van der Waals surface area contributed by atoms with Crippen molar-refractivity contribution in [1.82, 2.24) is 15.5 Å². The molecule has 154 valence electrons. The zero-order valence-electron chi connectivity index (χ0n) is 16.8. The van der Waals surface area contributed by atoms with Gasteiger partial charge < -0.3 is 10.6 Å². The Morgan fingerprint density at radius 1 is 0.900 bits per heavy atom. The van der Waals surface area contributed by atoms with E-state index in [0.29, 0.717) is 22.6 Å². The lowest BCUT2D eigenvalue weighted by Crippen LogP contribution is -2.34. The first-order valence-corrected chi connectivity index (χ1v) is 10.4. The van der Waals surface area contributed by atoms with Crippen molar-refractivity contribution in [2.24, 2.45) is 0 Å². The quantitative estimate of drug-likeness (QED) is 0.553. The van der Waals surface area contributed by atoms with Crippen LogP contribution in [0.3, 0.4) is 0 Å². The van der Waals surface area contributed by atoms with Crippen LogP contribution in [-0.2, 0) is 0 Å². The third-order valence-electron chi connectivity index (χ3n) is 5.37. The fraction of sp³-hybridized carbons (Fsp3) is 0.292. The highest BCUT2D eigenvalue weighted by molar-refractivity contribution is 5.95. The van der Waals surface area contributed by atoms with E-state index < -0.39 is 0 Å². The Morgan fingerprint density at radius 3 is 2.43 bits per heavy atom. The molecule has 3 aromatic rings. The number of hydrogen-bond acceptors (Lipinski definition) is 4. The van der Waals surface area contributed by atoms with Crippen LogP contribution in [0.4, 0.5) is 15.9 Å². The molecular weight excluding hydrogens is 379 g/mol. The molecule has 0 spiro atoms. The minimum absolute atomic E-state index is 0.0434. The number of hydrogen-bond donors (Lipinski definition) is 2. The van der Waals surface area contributed by atoms with Gasteiger partial charge in [-0.2, -0.15) is 0 Å². The maximum atomic E-state index is 13.4. The van der Waals surface area contributed by atoms with Gasteiger partial charge in [-0.1, -0.05) is 43.9 Å². The van der Waals surface area contributed by atoms with Gasteiger partial charge in [-0.15, -0.1) is 10.2 Å². The molecule has 0 atom stereocenters. The van der Waals surface area contributed by atoms with E-state index in [1.165, 1.54) is 37.8 Å². The van der Waals surface area contributed by atoms with Crippen molar-refractivity contribution in [2.45, 2.75) is 44.6 Å². The number of aromatic nitrogens is 2. The van der Waals surface area contributed by atoms with Crippen LogP contribution in [0.15, 0.2) is 60.7 Å². The summed E-state index contributed by atoms with van der Waals surface area (Å²) in [6.07, 6.45) is 6.97. The van der Waals surface area contributed by atoms with Gasteiger partial charge in [0.1, 0.15) is 5.82 Å². The third-order valence-corrected chi connectivity index (χ3v) is 5.37. The SMILES string of the molecule is O=C(NC1CCCCCC1)c1cccc(Nc2ccc(-c3cccc(F)c3)nn2)c1. The van der Waals surface area contributed by atoms with Gasteiger partial charge in [-0.05, 0) is 55.3 Å². The molecular formula is C24H25FN4O. The Labute approximate surface area is 175 Å². The van der Waals surface area contributed by atoms with Crippen LogP contribution in [0.1, 0.15) is 48.9 Å². The van der Waals surface area contributed by atoms with Gasteiger partial charge in [0.25, 0.3) is 5.91 Å². The second-order valence-corrected chi connectivity index (χ2v) is 7.68. The first-order chi connectivity index (χ1) is 14.7. The molecule has 4 rings (SSSR count). The number of carbonyl (C=O) groups is 1. The maximum Gasteiger partial charge on any atom is 0.251 e. The summed E-state index contributed by atoms with van der Waals surface area (Å²) in [7, 11) is 0. The smallest absolute Gasteiger partial charge is 0.251 e. The van der Waals surface area contributed by atoms with Crippen LogP contribution in [0, 0.1) is 5.82 Å². The van der Waals surface area contributed by atoms with Crippen LogP contribution in [0.25, 0.3) is 11.3 Å². The fourth-order valence-electron chi connectivity index (χ4n) is 3.78. The second-order valence-electron chi connectivity index (χ2n) is 7.68. The van der Waals surface area contributed by atoms with E-state index in [1.54, 1.807) is 24.3 Å². The van der Waals surface area contributed by atoms with Crippen LogP contribution >= 0.6 is 0 Å². The van der Waals surface area contributed by atoms with Crippen molar-refractivity contribution in [1.29, 1.82) is 0 Å². The third kappa shape index (κ3) is 5.20. The molecule has 1 aliphatic carbocycles. The summed E-state index contributed by atoms with van der Waals surface area (Å²) in [4.78, 5) is 12.7. The summed E-state index contributed by atoms with van der Waals surface area (Å²) < 4.78 is 13.4. The van der Waals surface area contributed by atoms with Crippen LogP contribution < -0.4 is 10.6 Å². The van der Waals surface area contributed by atoms with Crippen molar-refractivity contribution < 1.29 is 9.18 Å². The van der Waals surface area contributed by atoms with Gasteiger partial charge in [-0.3, -0.25) is 4.79 Å². The molecule has 1 fully saturated rings. The summed E-state index contributed by atoms with van der Waals surface area (Å²) >= 11 is 0. The molecule has 1 amide bonds. The number of carbonyl (C=O) groups excluding carboxylic acids is 1. The van der Waals surface area contributed by atoms with Gasteiger partial charge in [0.05, 0.1) is 5.69 Å². The first kappa shape index (κ1) is 20.0. The second kappa shape index (κ2) is 9.48. The molecule has 0 radical (unpaired) electrons. The average molecular weight is 404 g/mol. The number of halogens is 1. The number of anilines is 2. The lowest BCUT2D eigenvalue weighted by atomic mass is 10.1. The first-order valence-electron chi connectivity index (χ1n) is 10.4. The largest absolute Gasteiger partial charge is 0.349 e. The average Bonchev–Trinajstić information content (AvgIpc) is 3.03. The summed E-state index contributed by atoms with van der Waals surface area (Å²) in [6.45, 7) is 0. The van der Waals surface area contributed by atoms with E-state index in [1.807, 2.05) is 24.3 Å². The van der Waals surface area contributed by atoms with Crippen molar-refractivity contribution in [3.63, 3.8) is 0 Å². The molecule has 0 bridgehead atoms. The number of nitrogens with one attached hydrogen (secondary N) is 2. The topological polar surface area (TPSA) is 66.9 Å². The van der Waals surface area contributed by atoms with Gasteiger partial charge >= 0.3 is 0 Å². The van der Waals surface area contributed by atoms with E-state index in [4.69, 9.17) is 0 Å². The molecule has 0 aliphatic heterocycles. The van der Waals surface area contributed by atoms with E-state index in [-0.39, 0.29) is 17.8 Å². The molecule has 1 heterocycles. The standard InChI is InChI=1S/C24H25FN4O/c25-19-9-5-7-17(15-19)22-13-14-23(29-28-22)26-21-12-6-8-18(16-21)24(30)27-20-10-3-1-2-4-11-20/h5-9,12-16,20H,1-4,10-11H2,(H,26,29)(H,27,30). The monoisotopic (exact) mass is 404 g/mol. The molecule has 2 N–H and O–H groups in total. The molecule has 1 aliphatic rings. The lowest BCUT2D eigenvalue weighted by molar-refractivity contribution is 0.0933. The number of amides is 1. The maximum absolute atomic E-state index is 13.4. The van der Waals surface area contributed by atoms with E-state index in [0.717, 1.165) is 18.5 Å². The molecule has 1 saturated carbocycles. The van der Waals surface area contributed by atoms with Gasteiger partial charge in [0, 0.05) is 22.9 Å². The van der Waals surface area contributed by atoms with Crippen molar-refractivity contribution in [3.05, 3.63) is 72.0 Å². The lowest BCUT2D eigenvalue weighted by Gasteiger charge is -2.16. The van der Waals surface area contributed by atoms with Crippen molar-refractivity contribution in [3.8, 4) is 11.3 Å². The van der Waals surface area contributed by atoms with Gasteiger partial charge in [0.2, 0.25) is 0 Å². The molecule has 5 nitrogen and oxygen atoms in total. The van der Waals surface area contributed by atoms with E-state index in [2.05, 4.69) is 20.8 Å². The molecule has 0 unspecified atom stereocenters. The highest BCUT2D eigenvalue weighted by Gasteiger charge is 2.16. The van der Waals surface area contributed by atoms with Gasteiger partial charge in [-0.25, -0.2) is 4.39 Å². The van der Waals surface area contributed by atoms with Crippen molar-refractivity contribution in [2.75, 3.05) is 5.32 Å². The molecule has 1 aromatic heterocycles. The fourth-order valence-corrected chi connectivity index (χ4v) is 3.78. The van der Waals surface area contributed by atoms with Crippen LogP contribution in [-0.4, -0.2) is 22.1 Å². The number of nitrogens with zero attached hydrogens (tertiary/aromatic N) is 2. The predicted octanol–water partition coefficient (Wildman–Crippen LogP) is 5.48. The number of rotatable bonds is 5. The van der Waals surface area contributed by atoms with E-state index in [9.17, 15) is 9.18 Å². The van der Waals surface area contributed by atoms with E-state index >= 15 is 0 Å². The molecule has 0 saturated heterocycles. The Kier molecular flexibility index (Phi) is 6.32. The number of benzene rings is 2. The Balaban J connectivity index is 1.42. The zero-order chi connectivity index (χ0) is 20.8. The van der Waals surface area contributed by atoms with Crippen LogP contribution in [0.2, 0.25) is 0 Å². The predicted molar refractivity (Wildman–Crippen MR) is 116 cm³/mol. The van der Waals surface area contributed by atoms with Crippen LogP contribution in [0.5, 0.6) is 0 Å². The van der Waals surface area contributed by atoms with Crippen molar-refractivity contribution >= 4 is 17.4 Å². The Bertz CT molecular complexity index is 998. The normalized spacial score (nSPS) is 14.7. The zero-order valence-corrected chi connectivity index (χ0v) is 16.8. The highest BCUT2D eigenvalue weighted by Crippen LogP contribution is 2.21. The van der Waals surface area contributed by atoms with Gasteiger partial charge in [0.15, 0.2) is 5.82 Å². The molecule has 2 aromatic carbocycles. The summed E-state index contributed by atoms with van der Waals surface area (Å²) in [5, 5.41) is 14.7. The molecule has 30 heavy (non-hydrogen) atoms. The summed E-state index contributed by atoms with van der Waals surface area (Å²) in [5.74, 6) is 0.199. The highest BCUT2D eigenvalue weighted by atomic mass is 19.1. The molecule has 6 heteroatoms. The minimum atomic E-state index is -0.310. The Hall–Kier alpha value is -3.28. The minimum Gasteiger partial charge on any atom is -0.349 e. The summed E-state index contributed by atoms with van der Waals surface area (Å²) in [6, 6.07) is 17.4.